The van der Waals surface area contributed by atoms with E-state index in [-0.39, 0.29) is 11.5 Å². The van der Waals surface area contributed by atoms with Crippen molar-refractivity contribution in [1.82, 2.24) is 0 Å². The van der Waals surface area contributed by atoms with E-state index in [1.165, 1.54) is 51.4 Å². The zero-order chi connectivity index (χ0) is 21.5. The van der Waals surface area contributed by atoms with Crippen LogP contribution in [-0.4, -0.2) is 31.0 Å². The number of carboxylic acid groups (broad SMARTS) is 1. The van der Waals surface area contributed by atoms with Crippen molar-refractivity contribution >= 4 is 27.8 Å². The van der Waals surface area contributed by atoms with Crippen molar-refractivity contribution in [2.45, 2.75) is 82.8 Å². The molecule has 0 aliphatic carbocycles. The number of carboxylic acids is 1. The molecule has 0 saturated carbocycles. The third-order valence-corrected chi connectivity index (χ3v) is 7.27. The molecular weight excluding hydrogens is 406 g/mol. The van der Waals surface area contributed by atoms with Gasteiger partial charge in [0.25, 0.3) is 0 Å². The molecule has 0 aliphatic rings. The van der Waals surface area contributed by atoms with Crippen LogP contribution in [0, 0.1) is 0 Å². The summed E-state index contributed by atoms with van der Waals surface area (Å²) in [5.41, 5.74) is 1.82. The average Bonchev–Trinajstić information content (AvgIpc) is 2.66. The van der Waals surface area contributed by atoms with Gasteiger partial charge in [-0.1, -0.05) is 89.0 Å². The molecule has 0 fully saturated rings. The maximum atomic E-state index is 11.7. The molecule has 1 aromatic carbocycles. The van der Waals surface area contributed by atoms with Gasteiger partial charge in [-0.15, -0.1) is 11.8 Å². The third-order valence-electron chi connectivity index (χ3n) is 5.01. The number of aliphatic carboxylic acids is 1. The zero-order valence-corrected chi connectivity index (χ0v) is 19.3. The molecule has 0 aliphatic heterocycles. The van der Waals surface area contributed by atoms with E-state index in [2.05, 4.69) is 6.92 Å². The van der Waals surface area contributed by atoms with E-state index in [4.69, 9.17) is 5.14 Å². The van der Waals surface area contributed by atoms with Crippen LogP contribution >= 0.6 is 11.8 Å². The lowest BCUT2D eigenvalue weighted by atomic mass is 9.98. The Bertz CT molecular complexity index is 692. The Kier molecular flexibility index (Phi) is 13.3. The first-order valence-corrected chi connectivity index (χ1v) is 13.5. The average molecular weight is 444 g/mol. The van der Waals surface area contributed by atoms with E-state index in [0.29, 0.717) is 0 Å². The summed E-state index contributed by atoms with van der Waals surface area (Å²) >= 11 is 1.12. The molecule has 1 atom stereocenters. The topological polar surface area (TPSA) is 97.5 Å². The molecule has 0 radical (unpaired) electrons. The van der Waals surface area contributed by atoms with Crippen LogP contribution in [0.4, 0.5) is 0 Å². The van der Waals surface area contributed by atoms with Crippen molar-refractivity contribution in [2.24, 2.45) is 5.14 Å². The summed E-state index contributed by atoms with van der Waals surface area (Å²) in [5.74, 6) is -0.996. The Morgan fingerprint density at radius 2 is 1.55 bits per heavy atom. The smallest absolute Gasteiger partial charge is 0.321 e. The number of sulfonamides is 1. The molecule has 0 aromatic heterocycles. The lowest BCUT2D eigenvalue weighted by Crippen LogP contribution is -2.19. The first kappa shape index (κ1) is 26.0. The molecule has 1 unspecified atom stereocenters. The summed E-state index contributed by atoms with van der Waals surface area (Å²) in [6.45, 7) is 2.24. The number of hydrogen-bond acceptors (Lipinski definition) is 4. The summed E-state index contributed by atoms with van der Waals surface area (Å²) in [5, 5.41) is 13.9. The van der Waals surface area contributed by atoms with E-state index in [1.54, 1.807) is 0 Å². The van der Waals surface area contributed by atoms with E-state index < -0.39 is 21.2 Å². The first-order valence-electron chi connectivity index (χ1n) is 10.8. The van der Waals surface area contributed by atoms with Gasteiger partial charge in [-0.2, -0.15) is 0 Å². The molecule has 29 heavy (non-hydrogen) atoms. The number of unbranched alkanes of at least 4 members (excludes halogenated alkanes) is 9. The number of primary sulfonamides is 1. The minimum Gasteiger partial charge on any atom is -0.480 e. The number of benzene rings is 1. The summed E-state index contributed by atoms with van der Waals surface area (Å²) < 4.78 is 22.2. The van der Waals surface area contributed by atoms with Crippen molar-refractivity contribution in [3.63, 3.8) is 0 Å². The molecule has 166 valence electrons. The fourth-order valence-electron chi connectivity index (χ4n) is 3.40. The van der Waals surface area contributed by atoms with Crippen LogP contribution in [0.1, 0.15) is 87.5 Å². The predicted octanol–water partition coefficient (Wildman–Crippen LogP) is 5.30. The number of carbonyl (C=O) groups is 1. The van der Waals surface area contributed by atoms with Gasteiger partial charge in [-0.25, -0.2) is 13.6 Å². The van der Waals surface area contributed by atoms with Crippen LogP contribution in [0.15, 0.2) is 24.3 Å². The normalized spacial score (nSPS) is 12.8. The molecule has 1 rings (SSSR count). The number of thioether (sulfide) groups is 1. The summed E-state index contributed by atoms with van der Waals surface area (Å²) in [7, 11) is -3.58. The van der Waals surface area contributed by atoms with Crippen LogP contribution in [0.5, 0.6) is 0 Å². The largest absolute Gasteiger partial charge is 0.480 e. The van der Waals surface area contributed by atoms with E-state index in [0.717, 1.165) is 42.2 Å². The lowest BCUT2D eigenvalue weighted by Gasteiger charge is -2.16. The monoisotopic (exact) mass is 443 g/mol. The number of nitrogens with two attached hydrogens (primary N) is 1. The van der Waals surface area contributed by atoms with Crippen LogP contribution in [0.25, 0.3) is 0 Å². The second kappa shape index (κ2) is 14.9. The molecule has 0 bridgehead atoms. The Hall–Kier alpha value is -1.05. The van der Waals surface area contributed by atoms with Gasteiger partial charge >= 0.3 is 5.97 Å². The third kappa shape index (κ3) is 12.3. The Balaban J connectivity index is 2.44. The van der Waals surface area contributed by atoms with Crippen LogP contribution < -0.4 is 5.14 Å². The van der Waals surface area contributed by atoms with Crippen molar-refractivity contribution in [1.29, 1.82) is 0 Å². The van der Waals surface area contributed by atoms with Crippen LogP contribution in [0.2, 0.25) is 0 Å². The van der Waals surface area contributed by atoms with Gasteiger partial charge in [0.15, 0.2) is 0 Å². The number of rotatable bonds is 17. The van der Waals surface area contributed by atoms with Gasteiger partial charge in [0.05, 0.1) is 5.75 Å². The minimum absolute atomic E-state index is 0.169. The summed E-state index contributed by atoms with van der Waals surface area (Å²) in [4.78, 5) is 11.7. The maximum Gasteiger partial charge on any atom is 0.321 e. The van der Waals surface area contributed by atoms with Crippen LogP contribution in [0.3, 0.4) is 0 Å². The fourth-order valence-corrected chi connectivity index (χ4v) is 5.50. The molecular formula is C22H37NO4S2. The predicted molar refractivity (Wildman–Crippen MR) is 123 cm³/mol. The Labute approximate surface area is 180 Å². The molecule has 5 nitrogen and oxygen atoms in total. The zero-order valence-electron chi connectivity index (χ0n) is 17.6. The van der Waals surface area contributed by atoms with Gasteiger partial charge < -0.3 is 5.11 Å². The molecule has 0 heterocycles. The number of hydrogen-bond donors (Lipinski definition) is 2. The Morgan fingerprint density at radius 3 is 2.10 bits per heavy atom. The van der Waals surface area contributed by atoms with Crippen molar-refractivity contribution in [3.05, 3.63) is 35.4 Å². The highest BCUT2D eigenvalue weighted by molar-refractivity contribution is 8.01. The first-order chi connectivity index (χ1) is 13.8. The second-order valence-electron chi connectivity index (χ2n) is 7.59. The highest BCUT2D eigenvalue weighted by atomic mass is 32.2. The van der Waals surface area contributed by atoms with E-state index in [9.17, 15) is 18.3 Å². The highest BCUT2D eigenvalue weighted by Crippen LogP contribution is 2.32. The van der Waals surface area contributed by atoms with E-state index in [1.807, 2.05) is 24.3 Å². The van der Waals surface area contributed by atoms with Crippen molar-refractivity contribution in [2.75, 3.05) is 11.5 Å². The molecule has 3 N–H and O–H groups in total. The van der Waals surface area contributed by atoms with Gasteiger partial charge in [0.2, 0.25) is 10.0 Å². The van der Waals surface area contributed by atoms with Crippen molar-refractivity contribution < 1.29 is 18.3 Å². The van der Waals surface area contributed by atoms with Crippen LogP contribution in [-0.2, 0) is 21.2 Å². The van der Waals surface area contributed by atoms with Gasteiger partial charge in [-0.3, -0.25) is 4.79 Å². The SMILES string of the molecule is CCCCCCCCCCCCc1ccccc1C(SCCS(N)(=O)=O)C(=O)O. The minimum atomic E-state index is -3.58. The summed E-state index contributed by atoms with van der Waals surface area (Å²) in [6, 6.07) is 7.60. The molecule has 1 aromatic rings. The standard InChI is InChI=1S/C22H37NO4S2/c1-2-3-4-5-6-7-8-9-10-11-14-19-15-12-13-16-20(19)21(22(24)25)28-17-18-29(23,26)27/h12-13,15-16,21H,2-11,14,17-18H2,1H3,(H,24,25)(H2,23,26,27). The van der Waals surface area contributed by atoms with Crippen molar-refractivity contribution in [3.8, 4) is 0 Å². The Morgan fingerprint density at radius 1 is 1.00 bits per heavy atom. The lowest BCUT2D eigenvalue weighted by molar-refractivity contribution is -0.136. The second-order valence-corrected chi connectivity index (χ2v) is 10.5. The molecule has 7 heteroatoms. The quantitative estimate of drug-likeness (QED) is 0.319. The summed E-state index contributed by atoms with van der Waals surface area (Å²) in [6.07, 6.45) is 13.5. The van der Waals surface area contributed by atoms with Gasteiger partial charge in [-0.05, 0) is 24.0 Å². The van der Waals surface area contributed by atoms with Gasteiger partial charge in [0, 0.05) is 5.75 Å². The fraction of sp³-hybridized carbons (Fsp3) is 0.682. The van der Waals surface area contributed by atoms with E-state index >= 15 is 0 Å². The maximum absolute atomic E-state index is 11.7. The number of aryl methyl sites for hydroxylation is 1. The molecule has 0 saturated heterocycles. The molecule has 0 amide bonds. The highest BCUT2D eigenvalue weighted by Gasteiger charge is 2.23. The van der Waals surface area contributed by atoms with Gasteiger partial charge in [0.1, 0.15) is 5.25 Å². The molecule has 0 spiro atoms.